The first-order chi connectivity index (χ1) is 13.5. The Morgan fingerprint density at radius 1 is 1.11 bits per heavy atom. The molecule has 0 radical (unpaired) electrons. The fourth-order valence-electron chi connectivity index (χ4n) is 3.67. The number of hydrogen-bond acceptors (Lipinski definition) is 4. The number of morpholine rings is 1. The highest BCUT2D eigenvalue weighted by molar-refractivity contribution is 5.83. The lowest BCUT2D eigenvalue weighted by molar-refractivity contribution is -0.135. The van der Waals surface area contributed by atoms with Crippen molar-refractivity contribution in [3.05, 3.63) is 57.8 Å². The van der Waals surface area contributed by atoms with Crippen molar-refractivity contribution in [2.45, 2.75) is 27.3 Å². The molecule has 7 nitrogen and oxygen atoms in total. The molecule has 0 bridgehead atoms. The Morgan fingerprint density at radius 2 is 1.79 bits per heavy atom. The lowest BCUT2D eigenvalue weighted by Crippen LogP contribution is -2.43. The molecule has 1 aliphatic rings. The summed E-state index contributed by atoms with van der Waals surface area (Å²) in [6.45, 7) is 8.15. The van der Waals surface area contributed by atoms with E-state index in [0.29, 0.717) is 37.3 Å². The number of rotatable bonds is 3. The van der Waals surface area contributed by atoms with Crippen molar-refractivity contribution in [3.8, 4) is 5.69 Å². The van der Waals surface area contributed by atoms with Gasteiger partial charge in [0.15, 0.2) is 5.65 Å². The van der Waals surface area contributed by atoms with Gasteiger partial charge in [0.1, 0.15) is 12.9 Å². The number of amides is 1. The maximum atomic E-state index is 13.1. The average molecular weight is 380 g/mol. The molecule has 1 aliphatic heterocycles. The molecule has 0 aliphatic carbocycles. The van der Waals surface area contributed by atoms with E-state index < -0.39 is 0 Å². The first kappa shape index (κ1) is 18.4. The van der Waals surface area contributed by atoms with Gasteiger partial charge >= 0.3 is 0 Å². The third kappa shape index (κ3) is 3.11. The second-order valence-electron chi connectivity index (χ2n) is 7.25. The second-order valence-corrected chi connectivity index (χ2v) is 7.25. The van der Waals surface area contributed by atoms with E-state index in [9.17, 15) is 9.59 Å². The van der Waals surface area contributed by atoms with E-state index in [1.807, 2.05) is 49.6 Å². The molecule has 1 saturated heterocycles. The van der Waals surface area contributed by atoms with Gasteiger partial charge < -0.3 is 9.64 Å². The molecule has 3 heterocycles. The van der Waals surface area contributed by atoms with Crippen LogP contribution in [0, 0.1) is 20.8 Å². The Morgan fingerprint density at radius 3 is 2.46 bits per heavy atom. The molecule has 4 rings (SSSR count). The third-order valence-corrected chi connectivity index (χ3v) is 5.44. The van der Waals surface area contributed by atoms with Crippen LogP contribution in [0.25, 0.3) is 16.7 Å². The first-order valence-corrected chi connectivity index (χ1v) is 9.47. The summed E-state index contributed by atoms with van der Waals surface area (Å²) in [7, 11) is 0. The van der Waals surface area contributed by atoms with Gasteiger partial charge in [-0.15, -0.1) is 0 Å². The fourth-order valence-corrected chi connectivity index (χ4v) is 3.67. The molecule has 0 unspecified atom stereocenters. The van der Waals surface area contributed by atoms with E-state index in [1.54, 1.807) is 4.90 Å². The van der Waals surface area contributed by atoms with Crippen LogP contribution in [-0.2, 0) is 16.1 Å². The molecule has 1 fully saturated rings. The number of carbonyl (C=O) groups is 1. The Balaban J connectivity index is 1.75. The van der Waals surface area contributed by atoms with Crippen molar-refractivity contribution in [2.24, 2.45) is 0 Å². The highest BCUT2D eigenvalue weighted by atomic mass is 16.5. The summed E-state index contributed by atoms with van der Waals surface area (Å²) in [6.07, 6.45) is 1.48. The van der Waals surface area contributed by atoms with Crippen molar-refractivity contribution in [1.82, 2.24) is 19.0 Å². The molecular formula is C21H24N4O3. The molecule has 7 heteroatoms. The zero-order valence-corrected chi connectivity index (χ0v) is 16.4. The minimum Gasteiger partial charge on any atom is -0.378 e. The standard InChI is InChI=1S/C21H24N4O3/c1-14-4-6-17(7-5-14)25-16(3)15(2)19-20(25)22-13-24(21(19)27)12-18(26)23-8-10-28-11-9-23/h4-7,13H,8-12H2,1-3H3. The Kier molecular flexibility index (Phi) is 4.77. The third-order valence-electron chi connectivity index (χ3n) is 5.44. The maximum Gasteiger partial charge on any atom is 0.263 e. The maximum absolute atomic E-state index is 13.1. The van der Waals surface area contributed by atoms with E-state index in [2.05, 4.69) is 4.98 Å². The van der Waals surface area contributed by atoms with Crippen LogP contribution in [0.4, 0.5) is 0 Å². The van der Waals surface area contributed by atoms with E-state index in [0.717, 1.165) is 16.9 Å². The summed E-state index contributed by atoms with van der Waals surface area (Å²) in [4.78, 5) is 32.0. The van der Waals surface area contributed by atoms with Gasteiger partial charge in [0.05, 0.1) is 18.6 Å². The van der Waals surface area contributed by atoms with Gasteiger partial charge in [0.25, 0.3) is 5.56 Å². The SMILES string of the molecule is Cc1ccc(-n2c(C)c(C)c3c(=O)n(CC(=O)N4CCOCC4)cnc32)cc1. The van der Waals surface area contributed by atoms with E-state index >= 15 is 0 Å². The van der Waals surface area contributed by atoms with E-state index in [4.69, 9.17) is 4.74 Å². The fraction of sp³-hybridized carbons (Fsp3) is 0.381. The van der Waals surface area contributed by atoms with Crippen molar-refractivity contribution < 1.29 is 9.53 Å². The summed E-state index contributed by atoms with van der Waals surface area (Å²) < 4.78 is 8.69. The minimum atomic E-state index is -0.182. The lowest BCUT2D eigenvalue weighted by atomic mass is 10.2. The van der Waals surface area contributed by atoms with Crippen LogP contribution in [-0.4, -0.2) is 51.2 Å². The largest absolute Gasteiger partial charge is 0.378 e. The summed E-state index contributed by atoms with van der Waals surface area (Å²) in [5, 5.41) is 0.565. The van der Waals surface area contributed by atoms with Crippen molar-refractivity contribution >= 4 is 16.9 Å². The van der Waals surface area contributed by atoms with E-state index in [-0.39, 0.29) is 18.0 Å². The number of aromatic nitrogens is 3. The van der Waals surface area contributed by atoms with Gasteiger partial charge in [-0.05, 0) is 38.5 Å². The zero-order chi connectivity index (χ0) is 19.8. The van der Waals surface area contributed by atoms with Crippen LogP contribution >= 0.6 is 0 Å². The van der Waals surface area contributed by atoms with Crippen LogP contribution < -0.4 is 5.56 Å². The molecule has 3 aromatic rings. The number of benzene rings is 1. The highest BCUT2D eigenvalue weighted by Crippen LogP contribution is 2.25. The minimum absolute atomic E-state index is 0.00400. The molecular weight excluding hydrogens is 356 g/mol. The van der Waals surface area contributed by atoms with Crippen molar-refractivity contribution in [3.63, 3.8) is 0 Å². The lowest BCUT2D eigenvalue weighted by Gasteiger charge is -2.27. The molecule has 0 N–H and O–H groups in total. The summed E-state index contributed by atoms with van der Waals surface area (Å²) >= 11 is 0. The van der Waals surface area contributed by atoms with Gasteiger partial charge in [-0.2, -0.15) is 0 Å². The van der Waals surface area contributed by atoms with Crippen LogP contribution in [0.1, 0.15) is 16.8 Å². The number of carbonyl (C=O) groups excluding carboxylic acids is 1. The molecule has 28 heavy (non-hydrogen) atoms. The number of nitrogens with zero attached hydrogens (tertiary/aromatic N) is 4. The summed E-state index contributed by atoms with van der Waals surface area (Å²) in [6, 6.07) is 8.13. The molecule has 1 aromatic carbocycles. The number of ether oxygens (including phenoxy) is 1. The second kappa shape index (κ2) is 7.24. The van der Waals surface area contributed by atoms with E-state index in [1.165, 1.54) is 16.5 Å². The molecule has 0 atom stereocenters. The van der Waals surface area contributed by atoms with Gasteiger partial charge in [0.2, 0.25) is 5.91 Å². The quantitative estimate of drug-likeness (QED) is 0.697. The number of fused-ring (bicyclic) bond motifs is 1. The first-order valence-electron chi connectivity index (χ1n) is 9.47. The van der Waals surface area contributed by atoms with Gasteiger partial charge in [-0.3, -0.25) is 18.7 Å². The van der Waals surface area contributed by atoms with Crippen molar-refractivity contribution in [1.29, 1.82) is 0 Å². The number of hydrogen-bond donors (Lipinski definition) is 0. The number of aryl methyl sites for hydroxylation is 2. The van der Waals surface area contributed by atoms with Crippen molar-refractivity contribution in [2.75, 3.05) is 26.3 Å². The summed E-state index contributed by atoms with van der Waals surface area (Å²) in [5.74, 6) is -0.0844. The zero-order valence-electron chi connectivity index (χ0n) is 16.4. The topological polar surface area (TPSA) is 69.4 Å². The monoisotopic (exact) mass is 380 g/mol. The predicted octanol–water partition coefficient (Wildman–Crippen LogP) is 1.97. The smallest absolute Gasteiger partial charge is 0.263 e. The van der Waals surface area contributed by atoms with Gasteiger partial charge in [0, 0.05) is 24.5 Å². The Hall–Kier alpha value is -2.93. The van der Waals surface area contributed by atoms with Crippen LogP contribution in [0.5, 0.6) is 0 Å². The summed E-state index contributed by atoms with van der Waals surface area (Å²) in [5.41, 5.74) is 4.45. The Bertz CT molecular complexity index is 1090. The Labute approximate surface area is 163 Å². The molecule has 0 saturated carbocycles. The van der Waals surface area contributed by atoms with Crippen LogP contribution in [0.15, 0.2) is 35.4 Å². The molecule has 2 aromatic heterocycles. The van der Waals surface area contributed by atoms with Crippen LogP contribution in [0.3, 0.4) is 0 Å². The van der Waals surface area contributed by atoms with Gasteiger partial charge in [-0.25, -0.2) is 4.98 Å². The normalized spacial score (nSPS) is 14.6. The van der Waals surface area contributed by atoms with Gasteiger partial charge in [-0.1, -0.05) is 17.7 Å². The van der Waals surface area contributed by atoms with Crippen LogP contribution in [0.2, 0.25) is 0 Å². The predicted molar refractivity (Wildman–Crippen MR) is 107 cm³/mol. The average Bonchev–Trinajstić information content (AvgIpc) is 2.96. The highest BCUT2D eigenvalue weighted by Gasteiger charge is 2.21. The molecule has 0 spiro atoms. The molecule has 146 valence electrons. The molecule has 1 amide bonds.